The van der Waals surface area contributed by atoms with E-state index in [1.54, 1.807) is 0 Å². The Morgan fingerprint density at radius 1 is 1.44 bits per heavy atom. The number of piperidine rings is 2. The van der Waals surface area contributed by atoms with Crippen LogP contribution in [0, 0.1) is 5.92 Å². The van der Waals surface area contributed by atoms with Crippen molar-refractivity contribution in [2.45, 2.75) is 44.6 Å². The van der Waals surface area contributed by atoms with Crippen molar-refractivity contribution < 1.29 is 9.59 Å². The van der Waals surface area contributed by atoms with E-state index in [0.717, 1.165) is 57.4 Å². The molecule has 25 heavy (non-hydrogen) atoms. The van der Waals surface area contributed by atoms with Gasteiger partial charge in [-0.25, -0.2) is 0 Å². The number of likely N-dealkylation sites (tertiary alicyclic amines) is 2. The molecule has 2 fully saturated rings. The molecule has 7 nitrogen and oxygen atoms in total. The second-order valence-electron chi connectivity index (χ2n) is 7.15. The molecular weight excluding hydrogens is 318 g/mol. The van der Waals surface area contributed by atoms with Gasteiger partial charge in [0.05, 0.1) is 6.20 Å². The molecule has 1 aromatic rings. The normalized spacial score (nSPS) is 23.6. The summed E-state index contributed by atoms with van der Waals surface area (Å²) in [5.74, 6) is 0.957. The van der Waals surface area contributed by atoms with Crippen LogP contribution in [0.15, 0.2) is 12.4 Å². The first kappa shape index (κ1) is 17.9. The highest BCUT2D eigenvalue weighted by molar-refractivity contribution is 5.78. The molecule has 1 aromatic heterocycles. The molecule has 2 atom stereocenters. The number of aryl methyl sites for hydroxylation is 1. The average Bonchev–Trinajstić information content (AvgIpc) is 3.14. The van der Waals surface area contributed by atoms with E-state index in [9.17, 15) is 9.59 Å². The lowest BCUT2D eigenvalue weighted by Gasteiger charge is -2.47. The van der Waals surface area contributed by atoms with Crippen LogP contribution in [-0.4, -0.2) is 71.1 Å². The Labute approximate surface area is 149 Å². The summed E-state index contributed by atoms with van der Waals surface area (Å²) in [4.78, 5) is 28.8. The SMILES string of the molecule is CNCCN1C(=O)CC[C@H]2CN(C(=O)CCCc3cn[nH]c3)CC[C@H]21. The molecule has 2 aliphatic heterocycles. The molecular formula is C18H29N5O2. The van der Waals surface area contributed by atoms with E-state index in [0.29, 0.717) is 24.8 Å². The number of nitrogens with one attached hydrogen (secondary N) is 2. The van der Waals surface area contributed by atoms with Crippen LogP contribution in [-0.2, 0) is 16.0 Å². The minimum Gasteiger partial charge on any atom is -0.342 e. The van der Waals surface area contributed by atoms with E-state index < -0.39 is 0 Å². The number of fused-ring (bicyclic) bond motifs is 1. The minimum atomic E-state index is 0.251. The van der Waals surface area contributed by atoms with Gasteiger partial charge in [0.2, 0.25) is 11.8 Å². The number of likely N-dealkylation sites (N-methyl/N-ethyl adjacent to an activating group) is 1. The van der Waals surface area contributed by atoms with Crippen LogP contribution >= 0.6 is 0 Å². The van der Waals surface area contributed by atoms with E-state index in [1.807, 2.05) is 29.2 Å². The number of carbonyl (C=O) groups excluding carboxylic acids is 2. The van der Waals surface area contributed by atoms with E-state index in [-0.39, 0.29) is 11.8 Å². The van der Waals surface area contributed by atoms with E-state index in [4.69, 9.17) is 0 Å². The predicted octanol–water partition coefficient (Wildman–Crippen LogP) is 0.791. The Kier molecular flexibility index (Phi) is 6.07. The highest BCUT2D eigenvalue weighted by Crippen LogP contribution is 2.31. The molecule has 0 bridgehead atoms. The van der Waals surface area contributed by atoms with Gasteiger partial charge in [-0.3, -0.25) is 14.7 Å². The van der Waals surface area contributed by atoms with Gasteiger partial charge in [-0.05, 0) is 44.2 Å². The van der Waals surface area contributed by atoms with Gasteiger partial charge in [-0.2, -0.15) is 5.10 Å². The number of carbonyl (C=O) groups is 2. The lowest BCUT2D eigenvalue weighted by molar-refractivity contribution is -0.144. The summed E-state index contributed by atoms with van der Waals surface area (Å²) in [6.07, 6.45) is 8.47. The fourth-order valence-electron chi connectivity index (χ4n) is 4.12. The Morgan fingerprint density at radius 2 is 2.32 bits per heavy atom. The summed E-state index contributed by atoms with van der Waals surface area (Å²) in [5, 5.41) is 9.86. The number of H-pyrrole nitrogens is 1. The molecule has 2 amide bonds. The Bertz CT molecular complexity index is 574. The van der Waals surface area contributed by atoms with Gasteiger partial charge < -0.3 is 15.1 Å². The maximum atomic E-state index is 12.5. The predicted molar refractivity (Wildman–Crippen MR) is 94.9 cm³/mol. The zero-order valence-corrected chi connectivity index (χ0v) is 15.0. The largest absolute Gasteiger partial charge is 0.342 e. The maximum Gasteiger partial charge on any atom is 0.222 e. The standard InChI is InChI=1S/C18H29N5O2/c1-19-8-10-23-16-7-9-22(13-15(16)5-6-18(23)25)17(24)4-2-3-14-11-20-21-12-14/h11-12,15-16,19H,2-10,13H2,1H3,(H,20,21)/t15-,16+/m0/s1. The number of amides is 2. The Balaban J connectivity index is 1.48. The molecule has 0 unspecified atom stereocenters. The topological polar surface area (TPSA) is 81.3 Å². The molecule has 0 aliphatic carbocycles. The molecule has 2 saturated heterocycles. The van der Waals surface area contributed by atoms with Crippen molar-refractivity contribution in [2.75, 3.05) is 33.2 Å². The van der Waals surface area contributed by atoms with Crippen molar-refractivity contribution in [1.82, 2.24) is 25.3 Å². The van der Waals surface area contributed by atoms with Gasteiger partial charge in [0.15, 0.2) is 0 Å². The zero-order chi connectivity index (χ0) is 17.6. The van der Waals surface area contributed by atoms with Gasteiger partial charge in [-0.15, -0.1) is 0 Å². The third kappa shape index (κ3) is 4.39. The molecule has 0 spiro atoms. The molecule has 3 rings (SSSR count). The summed E-state index contributed by atoms with van der Waals surface area (Å²) >= 11 is 0. The number of rotatable bonds is 7. The van der Waals surface area contributed by atoms with Crippen LogP contribution in [0.5, 0.6) is 0 Å². The van der Waals surface area contributed by atoms with Gasteiger partial charge in [-0.1, -0.05) is 0 Å². The first-order valence-electron chi connectivity index (χ1n) is 9.38. The monoisotopic (exact) mass is 347 g/mol. The summed E-state index contributed by atoms with van der Waals surface area (Å²) in [6.45, 7) is 3.17. The van der Waals surface area contributed by atoms with Gasteiger partial charge in [0, 0.05) is 51.3 Å². The second kappa shape index (κ2) is 8.47. The van der Waals surface area contributed by atoms with Crippen molar-refractivity contribution in [3.05, 3.63) is 18.0 Å². The Hall–Kier alpha value is -1.89. The smallest absolute Gasteiger partial charge is 0.222 e. The first-order chi connectivity index (χ1) is 12.2. The van der Waals surface area contributed by atoms with Gasteiger partial charge >= 0.3 is 0 Å². The van der Waals surface area contributed by atoms with Crippen LogP contribution in [0.4, 0.5) is 0 Å². The fraction of sp³-hybridized carbons (Fsp3) is 0.722. The van der Waals surface area contributed by atoms with Crippen molar-refractivity contribution in [2.24, 2.45) is 5.92 Å². The number of hydrogen-bond donors (Lipinski definition) is 2. The van der Waals surface area contributed by atoms with Gasteiger partial charge in [0.1, 0.15) is 0 Å². The van der Waals surface area contributed by atoms with Crippen molar-refractivity contribution in [1.29, 1.82) is 0 Å². The second-order valence-corrected chi connectivity index (χ2v) is 7.15. The minimum absolute atomic E-state index is 0.251. The molecule has 3 heterocycles. The van der Waals surface area contributed by atoms with Crippen molar-refractivity contribution >= 4 is 11.8 Å². The maximum absolute atomic E-state index is 12.5. The van der Waals surface area contributed by atoms with Gasteiger partial charge in [0.25, 0.3) is 0 Å². The van der Waals surface area contributed by atoms with E-state index in [2.05, 4.69) is 15.5 Å². The third-order valence-electron chi connectivity index (χ3n) is 5.51. The summed E-state index contributed by atoms with van der Waals surface area (Å²) < 4.78 is 0. The van der Waals surface area contributed by atoms with Crippen LogP contribution in [0.25, 0.3) is 0 Å². The van der Waals surface area contributed by atoms with Crippen molar-refractivity contribution in [3.8, 4) is 0 Å². The quantitative estimate of drug-likeness (QED) is 0.764. The molecule has 2 aliphatic rings. The summed E-state index contributed by atoms with van der Waals surface area (Å²) in [7, 11) is 1.91. The number of hydrogen-bond acceptors (Lipinski definition) is 4. The number of aromatic nitrogens is 2. The summed E-state index contributed by atoms with van der Waals surface area (Å²) in [6, 6.07) is 0.310. The van der Waals surface area contributed by atoms with E-state index in [1.165, 1.54) is 0 Å². The van der Waals surface area contributed by atoms with E-state index >= 15 is 0 Å². The number of aromatic amines is 1. The highest BCUT2D eigenvalue weighted by Gasteiger charge is 2.39. The van der Waals surface area contributed by atoms with Crippen LogP contribution in [0.3, 0.4) is 0 Å². The third-order valence-corrected chi connectivity index (χ3v) is 5.51. The lowest BCUT2D eigenvalue weighted by atomic mass is 9.83. The molecule has 2 N–H and O–H groups in total. The van der Waals surface area contributed by atoms with Crippen LogP contribution < -0.4 is 5.32 Å². The molecule has 0 saturated carbocycles. The molecule has 7 heteroatoms. The Morgan fingerprint density at radius 3 is 3.08 bits per heavy atom. The summed E-state index contributed by atoms with van der Waals surface area (Å²) in [5.41, 5.74) is 1.15. The molecule has 138 valence electrons. The lowest BCUT2D eigenvalue weighted by Crippen LogP contribution is -2.57. The van der Waals surface area contributed by atoms with Crippen LogP contribution in [0.1, 0.15) is 37.7 Å². The zero-order valence-electron chi connectivity index (χ0n) is 15.0. The van der Waals surface area contributed by atoms with Crippen LogP contribution in [0.2, 0.25) is 0 Å². The first-order valence-corrected chi connectivity index (χ1v) is 9.38. The molecule has 0 aromatic carbocycles. The number of nitrogens with zero attached hydrogens (tertiary/aromatic N) is 3. The fourth-order valence-corrected chi connectivity index (χ4v) is 4.12. The van der Waals surface area contributed by atoms with Crippen molar-refractivity contribution in [3.63, 3.8) is 0 Å². The average molecular weight is 347 g/mol. The highest BCUT2D eigenvalue weighted by atomic mass is 16.2. The molecule has 0 radical (unpaired) electrons.